The lowest BCUT2D eigenvalue weighted by atomic mass is 10.1. The molecular weight excluding hydrogens is 271 g/mol. The molecule has 3 rings (SSSR count). The van der Waals surface area contributed by atoms with Crippen LogP contribution in [0.5, 0.6) is 0 Å². The second-order valence-corrected chi connectivity index (χ2v) is 5.06. The molecule has 0 radical (unpaired) electrons. The molecule has 0 aliphatic carbocycles. The van der Waals surface area contributed by atoms with Crippen LogP contribution in [0.15, 0.2) is 30.4 Å². The molecule has 0 atom stereocenters. The van der Waals surface area contributed by atoms with Crippen molar-refractivity contribution in [3.05, 3.63) is 53.0 Å². The molecule has 1 aromatic heterocycles. The van der Waals surface area contributed by atoms with Gasteiger partial charge in [0, 0.05) is 17.6 Å². The topological polar surface area (TPSA) is 54.3 Å². The van der Waals surface area contributed by atoms with Gasteiger partial charge in [-0.3, -0.25) is 4.57 Å². The predicted octanol–water partition coefficient (Wildman–Crippen LogP) is 3.05. The molecule has 0 unspecified atom stereocenters. The van der Waals surface area contributed by atoms with Gasteiger partial charge in [0.25, 0.3) is 0 Å². The predicted molar refractivity (Wildman–Crippen MR) is 79.7 cm³/mol. The molecule has 1 aliphatic heterocycles. The van der Waals surface area contributed by atoms with Gasteiger partial charge in [-0.15, -0.1) is 0 Å². The Morgan fingerprint density at radius 2 is 2.14 bits per heavy atom. The molecule has 0 saturated heterocycles. The van der Waals surface area contributed by atoms with Gasteiger partial charge in [-0.05, 0) is 37.6 Å². The zero-order chi connectivity index (χ0) is 15.1. The highest BCUT2D eigenvalue weighted by molar-refractivity contribution is 6.05. The van der Waals surface area contributed by atoms with E-state index in [9.17, 15) is 14.3 Å². The number of carboxylic acid groups (broad SMARTS) is 1. The van der Waals surface area contributed by atoms with E-state index in [1.807, 2.05) is 36.6 Å². The Bertz CT molecular complexity index is 816. The van der Waals surface area contributed by atoms with Crippen molar-refractivity contribution >= 4 is 22.7 Å². The summed E-state index contributed by atoms with van der Waals surface area (Å²) in [5.41, 5.74) is 2.27. The number of nitrogens with zero attached hydrogens (tertiary/aromatic N) is 1. The van der Waals surface area contributed by atoms with Crippen LogP contribution in [0.25, 0.3) is 16.7 Å². The number of hydrogen-bond donors (Lipinski definition) is 2. The number of carbonyl (C=O) groups is 1. The molecule has 2 aromatic rings. The minimum absolute atomic E-state index is 0.0292. The number of carboxylic acids is 1. The van der Waals surface area contributed by atoms with E-state index in [1.54, 1.807) is 0 Å². The fourth-order valence-corrected chi connectivity index (χ4v) is 2.72. The molecule has 21 heavy (non-hydrogen) atoms. The standard InChI is InChI=1S/C16H15FN2O2/c1-9-10(2)19(14-5-3-4-6-18-14)15-12(9)7-11(17)8-13(15)16(20)21/h3-5,7-8,18H,6H2,1-2H3,(H,20,21). The normalized spacial score (nSPS) is 14.1. The van der Waals surface area contributed by atoms with Crippen LogP contribution >= 0.6 is 0 Å². The third-order valence-corrected chi connectivity index (χ3v) is 3.84. The molecule has 0 saturated carbocycles. The van der Waals surface area contributed by atoms with Crippen LogP contribution < -0.4 is 5.32 Å². The van der Waals surface area contributed by atoms with E-state index in [4.69, 9.17) is 0 Å². The quantitative estimate of drug-likeness (QED) is 0.892. The second-order valence-electron chi connectivity index (χ2n) is 5.06. The van der Waals surface area contributed by atoms with Crippen molar-refractivity contribution in [2.75, 3.05) is 6.54 Å². The number of halogens is 1. The van der Waals surface area contributed by atoms with Crippen LogP contribution in [0.2, 0.25) is 0 Å². The lowest BCUT2D eigenvalue weighted by Crippen LogP contribution is -2.20. The Labute approximate surface area is 121 Å². The zero-order valence-electron chi connectivity index (χ0n) is 11.8. The molecule has 2 N–H and O–H groups in total. The molecular formula is C16H15FN2O2. The summed E-state index contributed by atoms with van der Waals surface area (Å²) < 4.78 is 15.6. The Hall–Kier alpha value is -2.56. The Balaban J connectivity index is 2.44. The fourth-order valence-electron chi connectivity index (χ4n) is 2.72. The second kappa shape index (κ2) is 4.77. The van der Waals surface area contributed by atoms with Crippen molar-refractivity contribution in [1.82, 2.24) is 9.88 Å². The summed E-state index contributed by atoms with van der Waals surface area (Å²) in [6, 6.07) is 2.46. The first-order chi connectivity index (χ1) is 10.0. The van der Waals surface area contributed by atoms with Crippen LogP contribution in [0.1, 0.15) is 21.6 Å². The Kier molecular flexibility index (Phi) is 3.05. The molecule has 1 aromatic carbocycles. The van der Waals surface area contributed by atoms with Crippen molar-refractivity contribution < 1.29 is 14.3 Å². The van der Waals surface area contributed by atoms with E-state index in [-0.39, 0.29) is 5.56 Å². The van der Waals surface area contributed by atoms with Crippen molar-refractivity contribution in [2.45, 2.75) is 13.8 Å². The smallest absolute Gasteiger partial charge is 0.337 e. The third-order valence-electron chi connectivity index (χ3n) is 3.84. The zero-order valence-corrected chi connectivity index (χ0v) is 11.8. The number of benzene rings is 1. The van der Waals surface area contributed by atoms with Crippen molar-refractivity contribution in [1.29, 1.82) is 0 Å². The average Bonchev–Trinajstić information content (AvgIpc) is 2.71. The van der Waals surface area contributed by atoms with Gasteiger partial charge < -0.3 is 10.4 Å². The minimum atomic E-state index is -1.13. The van der Waals surface area contributed by atoms with Crippen LogP contribution in [-0.4, -0.2) is 22.2 Å². The van der Waals surface area contributed by atoms with Crippen LogP contribution in [0, 0.1) is 19.7 Å². The first kappa shape index (κ1) is 13.4. The Morgan fingerprint density at radius 1 is 1.38 bits per heavy atom. The van der Waals surface area contributed by atoms with E-state index in [0.717, 1.165) is 23.1 Å². The molecule has 108 valence electrons. The molecule has 0 fully saturated rings. The highest BCUT2D eigenvalue weighted by atomic mass is 19.1. The maximum absolute atomic E-state index is 13.7. The van der Waals surface area contributed by atoms with Gasteiger partial charge in [0.1, 0.15) is 11.6 Å². The number of dihydropyridines is 1. The summed E-state index contributed by atoms with van der Waals surface area (Å²) in [5, 5.41) is 13.2. The van der Waals surface area contributed by atoms with Gasteiger partial charge in [-0.25, -0.2) is 9.18 Å². The minimum Gasteiger partial charge on any atom is -0.478 e. The van der Waals surface area contributed by atoms with Gasteiger partial charge in [-0.1, -0.05) is 12.2 Å². The van der Waals surface area contributed by atoms with E-state index in [2.05, 4.69) is 5.32 Å². The van der Waals surface area contributed by atoms with Crippen molar-refractivity contribution in [3.8, 4) is 0 Å². The summed E-state index contributed by atoms with van der Waals surface area (Å²) in [7, 11) is 0. The van der Waals surface area contributed by atoms with Gasteiger partial charge >= 0.3 is 5.97 Å². The first-order valence-corrected chi connectivity index (χ1v) is 6.66. The SMILES string of the molecule is Cc1c(C)n(C2=CC=CCN2)c2c(C(=O)O)cc(F)cc12. The third kappa shape index (κ3) is 2.01. The molecule has 0 bridgehead atoms. The first-order valence-electron chi connectivity index (χ1n) is 6.66. The van der Waals surface area contributed by atoms with Crippen LogP contribution in [0.4, 0.5) is 4.39 Å². The molecule has 0 spiro atoms. The summed E-state index contributed by atoms with van der Waals surface area (Å²) in [6.45, 7) is 4.45. The largest absolute Gasteiger partial charge is 0.478 e. The number of nitrogens with one attached hydrogen (secondary N) is 1. The van der Waals surface area contributed by atoms with E-state index in [1.165, 1.54) is 6.07 Å². The molecule has 5 heteroatoms. The molecule has 1 aliphatic rings. The lowest BCUT2D eigenvalue weighted by Gasteiger charge is -2.17. The van der Waals surface area contributed by atoms with E-state index < -0.39 is 11.8 Å². The van der Waals surface area contributed by atoms with E-state index >= 15 is 0 Å². The number of fused-ring (bicyclic) bond motifs is 1. The number of allylic oxidation sites excluding steroid dienone is 2. The fraction of sp³-hybridized carbons (Fsp3) is 0.188. The molecule has 4 nitrogen and oxygen atoms in total. The lowest BCUT2D eigenvalue weighted by molar-refractivity contribution is 0.0698. The van der Waals surface area contributed by atoms with Crippen LogP contribution in [-0.2, 0) is 0 Å². The number of aromatic carboxylic acids is 1. The summed E-state index contributed by atoms with van der Waals surface area (Å²) in [4.78, 5) is 11.5. The maximum Gasteiger partial charge on any atom is 0.337 e. The van der Waals surface area contributed by atoms with Gasteiger partial charge in [-0.2, -0.15) is 0 Å². The maximum atomic E-state index is 13.7. The molecule has 2 heterocycles. The average molecular weight is 286 g/mol. The van der Waals surface area contributed by atoms with Gasteiger partial charge in [0.15, 0.2) is 0 Å². The number of hydrogen-bond acceptors (Lipinski definition) is 2. The van der Waals surface area contributed by atoms with Crippen LogP contribution in [0.3, 0.4) is 0 Å². The van der Waals surface area contributed by atoms with E-state index in [0.29, 0.717) is 17.4 Å². The van der Waals surface area contributed by atoms with Crippen molar-refractivity contribution in [3.63, 3.8) is 0 Å². The monoisotopic (exact) mass is 286 g/mol. The highest BCUT2D eigenvalue weighted by Gasteiger charge is 2.21. The number of aromatic nitrogens is 1. The van der Waals surface area contributed by atoms with Gasteiger partial charge in [0.2, 0.25) is 0 Å². The van der Waals surface area contributed by atoms with Crippen molar-refractivity contribution in [2.24, 2.45) is 0 Å². The molecule has 0 amide bonds. The Morgan fingerprint density at radius 3 is 2.76 bits per heavy atom. The summed E-state index contributed by atoms with van der Waals surface area (Å²) in [6.07, 6.45) is 5.76. The number of aryl methyl sites for hydroxylation is 1. The summed E-state index contributed by atoms with van der Waals surface area (Å²) >= 11 is 0. The summed E-state index contributed by atoms with van der Waals surface area (Å²) in [5.74, 6) is -0.877. The number of rotatable bonds is 2. The van der Waals surface area contributed by atoms with Gasteiger partial charge in [0.05, 0.1) is 11.1 Å². The highest BCUT2D eigenvalue weighted by Crippen LogP contribution is 2.31.